The van der Waals surface area contributed by atoms with E-state index in [-0.39, 0.29) is 18.1 Å². The first-order valence-electron chi connectivity index (χ1n) is 8.35. The molecule has 0 saturated carbocycles. The first-order chi connectivity index (χ1) is 11.6. The van der Waals surface area contributed by atoms with Gasteiger partial charge < -0.3 is 19.4 Å². The van der Waals surface area contributed by atoms with Crippen molar-refractivity contribution >= 4 is 5.91 Å². The minimum Gasteiger partial charge on any atom is -0.482 e. The van der Waals surface area contributed by atoms with Gasteiger partial charge in [0, 0.05) is 25.2 Å². The molecule has 0 fully saturated rings. The highest BCUT2D eigenvalue weighted by molar-refractivity contribution is 5.82. The molecule has 24 heavy (non-hydrogen) atoms. The van der Waals surface area contributed by atoms with Gasteiger partial charge in [0.15, 0.2) is 11.5 Å². The number of aryl methyl sites for hydroxylation is 2. The van der Waals surface area contributed by atoms with Crippen molar-refractivity contribution in [3.8, 4) is 11.5 Å². The maximum atomic E-state index is 12.7. The number of imidazole rings is 1. The molecule has 2 aliphatic heterocycles. The van der Waals surface area contributed by atoms with Crippen LogP contribution in [-0.2, 0) is 17.8 Å². The lowest BCUT2D eigenvalue weighted by Crippen LogP contribution is -2.52. The van der Waals surface area contributed by atoms with Crippen LogP contribution in [0.2, 0.25) is 0 Å². The second-order valence-corrected chi connectivity index (χ2v) is 6.50. The Labute approximate surface area is 140 Å². The molecule has 2 aliphatic rings. The molecule has 1 amide bonds. The fourth-order valence-corrected chi connectivity index (χ4v) is 3.39. The van der Waals surface area contributed by atoms with Crippen LogP contribution in [0, 0.1) is 6.92 Å². The topological polar surface area (TPSA) is 65.4 Å². The molecule has 4 rings (SSSR count). The third kappa shape index (κ3) is 2.72. The van der Waals surface area contributed by atoms with Crippen molar-refractivity contribution in [1.82, 2.24) is 14.9 Å². The molecule has 0 saturated heterocycles. The largest absolute Gasteiger partial charge is 0.482 e. The van der Waals surface area contributed by atoms with Crippen molar-refractivity contribution in [1.29, 1.82) is 0 Å². The number of carbonyl (C=O) groups is 1. The molecule has 0 aliphatic carbocycles. The molecular weight excluding hydrogens is 306 g/mol. The first kappa shape index (κ1) is 15.1. The number of para-hydroxylation sites is 2. The predicted molar refractivity (Wildman–Crippen MR) is 88.2 cm³/mol. The van der Waals surface area contributed by atoms with E-state index >= 15 is 0 Å². The van der Waals surface area contributed by atoms with Crippen molar-refractivity contribution in [2.75, 3.05) is 0 Å². The second kappa shape index (κ2) is 5.85. The van der Waals surface area contributed by atoms with E-state index in [1.54, 1.807) is 0 Å². The van der Waals surface area contributed by atoms with Gasteiger partial charge in [-0.05, 0) is 32.4 Å². The molecule has 0 unspecified atom stereocenters. The van der Waals surface area contributed by atoms with Crippen LogP contribution in [0.4, 0.5) is 0 Å². The number of rotatable bonds is 2. The van der Waals surface area contributed by atoms with Crippen LogP contribution in [0.3, 0.4) is 0 Å². The van der Waals surface area contributed by atoms with E-state index in [0.717, 1.165) is 30.9 Å². The summed E-state index contributed by atoms with van der Waals surface area (Å²) in [5.41, 5.74) is 1.02. The lowest BCUT2D eigenvalue weighted by atomic mass is 10.1. The smallest absolute Gasteiger partial charge is 0.265 e. The Morgan fingerprint density at radius 1 is 1.29 bits per heavy atom. The van der Waals surface area contributed by atoms with Crippen LogP contribution in [0.15, 0.2) is 30.5 Å². The van der Waals surface area contributed by atoms with Gasteiger partial charge in [0.25, 0.3) is 5.91 Å². The molecule has 6 nitrogen and oxygen atoms in total. The Hall–Kier alpha value is -2.50. The third-order valence-corrected chi connectivity index (χ3v) is 4.56. The summed E-state index contributed by atoms with van der Waals surface area (Å²) in [5.74, 6) is 2.27. The highest BCUT2D eigenvalue weighted by atomic mass is 16.6. The summed E-state index contributed by atoms with van der Waals surface area (Å²) >= 11 is 0. The van der Waals surface area contributed by atoms with Gasteiger partial charge in [-0.3, -0.25) is 4.79 Å². The summed E-state index contributed by atoms with van der Waals surface area (Å²) in [6.45, 7) is 4.60. The Bertz CT molecular complexity index is 771. The van der Waals surface area contributed by atoms with E-state index in [2.05, 4.69) is 14.9 Å². The fraction of sp³-hybridized carbons (Fsp3) is 0.444. The average molecular weight is 327 g/mol. The van der Waals surface area contributed by atoms with Crippen LogP contribution < -0.4 is 14.8 Å². The number of nitrogens with zero attached hydrogens (tertiary/aromatic N) is 2. The predicted octanol–water partition coefficient (Wildman–Crippen LogP) is 1.85. The molecule has 0 bridgehead atoms. The number of hydrogen-bond acceptors (Lipinski definition) is 4. The third-order valence-electron chi connectivity index (χ3n) is 4.56. The zero-order valence-electron chi connectivity index (χ0n) is 13.9. The summed E-state index contributed by atoms with van der Waals surface area (Å²) in [4.78, 5) is 17.2. The molecule has 1 aromatic heterocycles. The van der Waals surface area contributed by atoms with Gasteiger partial charge in [-0.1, -0.05) is 12.1 Å². The highest BCUT2D eigenvalue weighted by Gasteiger charge is 2.35. The van der Waals surface area contributed by atoms with Crippen molar-refractivity contribution in [2.24, 2.45) is 0 Å². The quantitative estimate of drug-likeness (QED) is 0.914. The lowest BCUT2D eigenvalue weighted by Gasteiger charge is -2.33. The fourth-order valence-electron chi connectivity index (χ4n) is 3.39. The van der Waals surface area contributed by atoms with E-state index in [1.165, 1.54) is 0 Å². The normalized spacial score (nSPS) is 25.0. The molecule has 6 heteroatoms. The standard InChI is InChI=1S/C18H21N3O3/c1-11-9-21-10-13(7-8-16(21)19-11)20-18(22)17-12(2)23-14-5-3-4-6-15(14)24-17/h3-6,9,12-13,17H,7-8,10H2,1-2H3,(H,20,22)/t12-,13+,17-/m1/s1. The van der Waals surface area contributed by atoms with Gasteiger partial charge in [-0.25, -0.2) is 4.98 Å². The second-order valence-electron chi connectivity index (χ2n) is 6.50. The number of benzene rings is 1. The van der Waals surface area contributed by atoms with Gasteiger partial charge in [-0.2, -0.15) is 0 Å². The van der Waals surface area contributed by atoms with Crippen LogP contribution in [0.5, 0.6) is 11.5 Å². The summed E-state index contributed by atoms with van der Waals surface area (Å²) < 4.78 is 13.8. The Morgan fingerprint density at radius 2 is 2.04 bits per heavy atom. The van der Waals surface area contributed by atoms with Crippen molar-refractivity contribution in [3.63, 3.8) is 0 Å². The lowest BCUT2D eigenvalue weighted by molar-refractivity contribution is -0.134. The van der Waals surface area contributed by atoms with Crippen molar-refractivity contribution in [3.05, 3.63) is 42.0 Å². The highest BCUT2D eigenvalue weighted by Crippen LogP contribution is 2.33. The van der Waals surface area contributed by atoms with Gasteiger partial charge in [-0.15, -0.1) is 0 Å². The molecule has 0 radical (unpaired) electrons. The van der Waals surface area contributed by atoms with Crippen LogP contribution in [0.1, 0.15) is 24.9 Å². The summed E-state index contributed by atoms with van der Waals surface area (Å²) in [5, 5.41) is 3.11. The average Bonchev–Trinajstić information content (AvgIpc) is 2.93. The molecular formula is C18H21N3O3. The molecule has 126 valence electrons. The summed E-state index contributed by atoms with van der Waals surface area (Å²) in [6, 6.07) is 7.53. The van der Waals surface area contributed by atoms with Crippen LogP contribution in [-0.4, -0.2) is 33.7 Å². The number of amides is 1. The Morgan fingerprint density at radius 3 is 2.83 bits per heavy atom. The number of fused-ring (bicyclic) bond motifs is 2. The molecule has 1 N–H and O–H groups in total. The molecule has 1 aromatic carbocycles. The number of ether oxygens (including phenoxy) is 2. The zero-order valence-corrected chi connectivity index (χ0v) is 13.9. The first-order valence-corrected chi connectivity index (χ1v) is 8.35. The van der Waals surface area contributed by atoms with E-state index in [4.69, 9.17) is 9.47 Å². The van der Waals surface area contributed by atoms with Crippen LogP contribution in [0.25, 0.3) is 0 Å². The van der Waals surface area contributed by atoms with E-state index in [1.807, 2.05) is 44.3 Å². The van der Waals surface area contributed by atoms with Gasteiger partial charge in [0.05, 0.1) is 5.69 Å². The maximum Gasteiger partial charge on any atom is 0.265 e. The van der Waals surface area contributed by atoms with Gasteiger partial charge >= 0.3 is 0 Å². The zero-order chi connectivity index (χ0) is 16.7. The van der Waals surface area contributed by atoms with Crippen molar-refractivity contribution < 1.29 is 14.3 Å². The summed E-state index contributed by atoms with van der Waals surface area (Å²) in [7, 11) is 0. The monoisotopic (exact) mass is 327 g/mol. The van der Waals surface area contributed by atoms with Crippen molar-refractivity contribution in [2.45, 2.75) is 51.5 Å². The van der Waals surface area contributed by atoms with E-state index in [0.29, 0.717) is 11.5 Å². The van der Waals surface area contributed by atoms with E-state index < -0.39 is 6.10 Å². The van der Waals surface area contributed by atoms with Gasteiger partial charge in [0.2, 0.25) is 6.10 Å². The van der Waals surface area contributed by atoms with E-state index in [9.17, 15) is 4.79 Å². The summed E-state index contributed by atoms with van der Waals surface area (Å²) in [6.07, 6.45) is 2.84. The van der Waals surface area contributed by atoms with Crippen LogP contribution >= 0.6 is 0 Å². The number of aromatic nitrogens is 2. The van der Waals surface area contributed by atoms with Gasteiger partial charge in [0.1, 0.15) is 11.9 Å². The maximum absolute atomic E-state index is 12.7. The molecule has 3 heterocycles. The minimum atomic E-state index is -0.633. The minimum absolute atomic E-state index is 0.0894. The number of carbonyl (C=O) groups excluding carboxylic acids is 1. The molecule has 3 atom stereocenters. The SMILES string of the molecule is Cc1cn2c(n1)CC[C@H](NC(=O)[C@@H]1Oc3ccccc3O[C@@H]1C)C2. The Balaban J connectivity index is 1.43. The Kier molecular flexibility index (Phi) is 3.67. The number of hydrogen-bond donors (Lipinski definition) is 1. The number of nitrogens with one attached hydrogen (secondary N) is 1. The molecule has 0 spiro atoms. The molecule has 2 aromatic rings.